The maximum absolute atomic E-state index is 6.08. The summed E-state index contributed by atoms with van der Waals surface area (Å²) in [7, 11) is 0. The predicted octanol–water partition coefficient (Wildman–Crippen LogP) is 4.80. The van der Waals surface area contributed by atoms with E-state index in [0.717, 1.165) is 54.3 Å². The molecule has 1 unspecified atom stereocenters. The van der Waals surface area contributed by atoms with E-state index in [1.807, 2.05) is 25.1 Å². The maximum atomic E-state index is 6.08. The highest BCUT2D eigenvalue weighted by Gasteiger charge is 2.19. The Hall–Kier alpha value is -2.46. The molecule has 1 aromatic heterocycles. The molecule has 0 bridgehead atoms. The van der Waals surface area contributed by atoms with Crippen molar-refractivity contribution in [1.29, 1.82) is 0 Å². The molecule has 1 aliphatic rings. The van der Waals surface area contributed by atoms with Crippen LogP contribution in [-0.4, -0.2) is 25.9 Å². The van der Waals surface area contributed by atoms with Gasteiger partial charge >= 0.3 is 0 Å². The minimum absolute atomic E-state index is 0.230. The van der Waals surface area contributed by atoms with Gasteiger partial charge < -0.3 is 18.8 Å². The zero-order chi connectivity index (χ0) is 17.9. The average molecular weight is 351 g/mol. The molecular weight excluding hydrogens is 326 g/mol. The van der Waals surface area contributed by atoms with Crippen LogP contribution in [0.3, 0.4) is 0 Å². The molecule has 0 spiro atoms. The molecule has 3 aromatic rings. The highest BCUT2D eigenvalue weighted by molar-refractivity contribution is 5.79. The third-order valence-electron chi connectivity index (χ3n) is 4.78. The number of hydrogen-bond acceptors (Lipinski definition) is 4. The minimum atomic E-state index is 0.230. The van der Waals surface area contributed by atoms with Gasteiger partial charge in [0, 0.05) is 12.0 Å². The molecule has 2 aromatic carbocycles. The number of rotatable bonds is 6. The average Bonchev–Trinajstić information content (AvgIpc) is 3.04. The molecule has 2 heterocycles. The fourth-order valence-electron chi connectivity index (χ4n) is 3.61. The highest BCUT2D eigenvalue weighted by atomic mass is 16.5. The van der Waals surface area contributed by atoms with Gasteiger partial charge in [-0.05, 0) is 56.2 Å². The van der Waals surface area contributed by atoms with Crippen molar-refractivity contribution < 1.29 is 13.9 Å². The topological polar surface area (TPSA) is 34.8 Å². The van der Waals surface area contributed by atoms with Crippen LogP contribution in [0.1, 0.15) is 25.2 Å². The minimum Gasteiger partial charge on any atom is -0.490 e. The van der Waals surface area contributed by atoms with E-state index in [1.165, 1.54) is 5.56 Å². The molecule has 0 aliphatic carbocycles. The van der Waals surface area contributed by atoms with Crippen LogP contribution in [0.2, 0.25) is 0 Å². The number of ether oxygens (including phenoxy) is 2. The Morgan fingerprint density at radius 2 is 2.04 bits per heavy atom. The van der Waals surface area contributed by atoms with Crippen molar-refractivity contribution in [2.45, 2.75) is 32.9 Å². The first-order chi connectivity index (χ1) is 12.7. The lowest BCUT2D eigenvalue weighted by atomic mass is 10.1. The van der Waals surface area contributed by atoms with Gasteiger partial charge in [0.25, 0.3) is 0 Å². The molecule has 4 heteroatoms. The van der Waals surface area contributed by atoms with Crippen molar-refractivity contribution in [2.24, 2.45) is 0 Å². The number of para-hydroxylation sites is 2. The quantitative estimate of drug-likeness (QED) is 0.639. The summed E-state index contributed by atoms with van der Waals surface area (Å²) in [6.07, 6.45) is 1.15. The Morgan fingerprint density at radius 3 is 2.92 bits per heavy atom. The monoisotopic (exact) mass is 351 g/mol. The smallest absolute Gasteiger partial charge is 0.142 e. The van der Waals surface area contributed by atoms with Gasteiger partial charge in [0.1, 0.15) is 23.7 Å². The van der Waals surface area contributed by atoms with Gasteiger partial charge in [0.05, 0.1) is 24.9 Å². The first-order valence-corrected chi connectivity index (χ1v) is 9.32. The summed E-state index contributed by atoms with van der Waals surface area (Å²) in [6, 6.07) is 16.7. The van der Waals surface area contributed by atoms with Crippen molar-refractivity contribution in [3.63, 3.8) is 0 Å². The molecule has 0 saturated carbocycles. The van der Waals surface area contributed by atoms with E-state index in [4.69, 9.17) is 13.9 Å². The molecule has 1 aliphatic heterocycles. The molecule has 0 saturated heterocycles. The van der Waals surface area contributed by atoms with Crippen LogP contribution < -0.4 is 9.64 Å². The summed E-state index contributed by atoms with van der Waals surface area (Å²) < 4.78 is 17.5. The van der Waals surface area contributed by atoms with E-state index < -0.39 is 0 Å². The van der Waals surface area contributed by atoms with Crippen molar-refractivity contribution in [3.05, 3.63) is 59.9 Å². The second kappa shape index (κ2) is 7.42. The Morgan fingerprint density at radius 1 is 1.15 bits per heavy atom. The van der Waals surface area contributed by atoms with Crippen molar-refractivity contribution in [1.82, 2.24) is 0 Å². The maximum Gasteiger partial charge on any atom is 0.142 e. The highest BCUT2D eigenvalue weighted by Crippen LogP contribution is 2.33. The molecule has 26 heavy (non-hydrogen) atoms. The lowest BCUT2D eigenvalue weighted by Crippen LogP contribution is -2.31. The fraction of sp³-hybridized carbons (Fsp3) is 0.364. The molecular formula is C22H25NO3. The largest absolute Gasteiger partial charge is 0.490 e. The van der Waals surface area contributed by atoms with Crippen LogP contribution in [0.25, 0.3) is 11.0 Å². The second-order valence-corrected chi connectivity index (χ2v) is 6.79. The third-order valence-corrected chi connectivity index (χ3v) is 4.78. The standard InChI is InChI=1S/C22H25NO3/c1-3-24-16(2)12-17-8-9-21-18(13-17)14-19(26-21)15-23-10-11-25-22-7-5-4-6-20(22)23/h4-9,13-14,16H,3,10-12,15H2,1-2H3. The third kappa shape index (κ3) is 3.56. The zero-order valence-electron chi connectivity index (χ0n) is 15.4. The van der Waals surface area contributed by atoms with Crippen molar-refractivity contribution in [3.8, 4) is 5.75 Å². The first kappa shape index (κ1) is 17.0. The van der Waals surface area contributed by atoms with Crippen LogP contribution in [0.4, 0.5) is 5.69 Å². The summed E-state index contributed by atoms with van der Waals surface area (Å²) in [5, 5.41) is 1.16. The molecule has 0 N–H and O–H groups in total. The summed E-state index contributed by atoms with van der Waals surface area (Å²) in [5.41, 5.74) is 3.35. The molecule has 0 radical (unpaired) electrons. The number of benzene rings is 2. The number of anilines is 1. The SMILES string of the molecule is CCOC(C)Cc1ccc2oc(CN3CCOc4ccccc43)cc2c1. The number of nitrogens with zero attached hydrogens (tertiary/aromatic N) is 1. The van der Waals surface area contributed by atoms with Crippen molar-refractivity contribution >= 4 is 16.7 Å². The van der Waals surface area contributed by atoms with Gasteiger partial charge in [-0.1, -0.05) is 18.2 Å². The fourth-order valence-corrected chi connectivity index (χ4v) is 3.61. The summed E-state index contributed by atoms with van der Waals surface area (Å²) in [5.74, 6) is 1.92. The second-order valence-electron chi connectivity index (χ2n) is 6.79. The summed E-state index contributed by atoms with van der Waals surface area (Å²) in [6.45, 7) is 7.22. The molecule has 0 amide bonds. The van der Waals surface area contributed by atoms with Crippen LogP contribution in [0.15, 0.2) is 52.9 Å². The molecule has 4 rings (SSSR count). The van der Waals surface area contributed by atoms with Gasteiger partial charge in [0.15, 0.2) is 0 Å². The predicted molar refractivity (Wildman–Crippen MR) is 104 cm³/mol. The van der Waals surface area contributed by atoms with Gasteiger partial charge in [-0.15, -0.1) is 0 Å². The molecule has 0 fully saturated rings. The number of fused-ring (bicyclic) bond motifs is 2. The van der Waals surface area contributed by atoms with E-state index >= 15 is 0 Å². The summed E-state index contributed by atoms with van der Waals surface area (Å²) in [4.78, 5) is 2.31. The Kier molecular flexibility index (Phi) is 4.85. The Balaban J connectivity index is 1.53. The lowest BCUT2D eigenvalue weighted by Gasteiger charge is -2.30. The lowest BCUT2D eigenvalue weighted by molar-refractivity contribution is 0.0768. The molecule has 136 valence electrons. The van der Waals surface area contributed by atoms with E-state index in [0.29, 0.717) is 6.61 Å². The molecule has 1 atom stereocenters. The van der Waals surface area contributed by atoms with Crippen LogP contribution in [0, 0.1) is 0 Å². The first-order valence-electron chi connectivity index (χ1n) is 9.32. The number of hydrogen-bond donors (Lipinski definition) is 0. The zero-order valence-corrected chi connectivity index (χ0v) is 15.4. The molecule has 4 nitrogen and oxygen atoms in total. The van der Waals surface area contributed by atoms with Crippen LogP contribution >= 0.6 is 0 Å². The summed E-state index contributed by atoms with van der Waals surface area (Å²) >= 11 is 0. The normalized spacial score (nSPS) is 14.9. The Labute approximate surface area is 154 Å². The van der Waals surface area contributed by atoms with E-state index in [-0.39, 0.29) is 6.10 Å². The van der Waals surface area contributed by atoms with Crippen molar-refractivity contribution in [2.75, 3.05) is 24.7 Å². The van der Waals surface area contributed by atoms with E-state index in [1.54, 1.807) is 0 Å². The van der Waals surface area contributed by atoms with E-state index in [2.05, 4.69) is 42.2 Å². The van der Waals surface area contributed by atoms with E-state index in [9.17, 15) is 0 Å². The Bertz CT molecular complexity index is 886. The van der Waals surface area contributed by atoms with Gasteiger partial charge in [-0.25, -0.2) is 0 Å². The van der Waals surface area contributed by atoms with Gasteiger partial charge in [0.2, 0.25) is 0 Å². The number of furan rings is 1. The van der Waals surface area contributed by atoms with Gasteiger partial charge in [-0.2, -0.15) is 0 Å². The van der Waals surface area contributed by atoms with Crippen LogP contribution in [0.5, 0.6) is 5.75 Å². The van der Waals surface area contributed by atoms with Gasteiger partial charge in [-0.3, -0.25) is 0 Å². The van der Waals surface area contributed by atoms with Crippen LogP contribution in [-0.2, 0) is 17.7 Å².